The van der Waals surface area contributed by atoms with E-state index >= 15 is 8.78 Å². The maximum atomic E-state index is 15.1. The van der Waals surface area contributed by atoms with Gasteiger partial charge in [-0.15, -0.1) is 0 Å². The zero-order valence-electron chi connectivity index (χ0n) is 21.8. The van der Waals surface area contributed by atoms with Crippen LogP contribution in [0.15, 0.2) is 59.8 Å². The van der Waals surface area contributed by atoms with Crippen molar-refractivity contribution in [1.29, 1.82) is 0 Å². The predicted molar refractivity (Wildman–Crippen MR) is 144 cm³/mol. The molecule has 0 bridgehead atoms. The number of carboxylic acids is 2. The summed E-state index contributed by atoms with van der Waals surface area (Å²) in [6, 6.07) is 7.97. The number of benzene rings is 2. The number of aromatic carboxylic acids is 1. The second-order valence-corrected chi connectivity index (χ2v) is 11.0. The number of nitrogens with one attached hydrogen (secondary N) is 3. The summed E-state index contributed by atoms with van der Waals surface area (Å²) in [5.41, 5.74) is -1.01. The topological polar surface area (TPSA) is 191 Å². The third kappa shape index (κ3) is 7.32. The molecule has 222 valence electrons. The minimum Gasteiger partial charge on any atom is -0.481 e. The molecule has 2 aromatic carbocycles. The molecule has 5 N–H and O–H groups in total. The van der Waals surface area contributed by atoms with Crippen LogP contribution in [-0.4, -0.2) is 71.7 Å². The molecular weight excluding hydrogens is 578 g/mol. The van der Waals surface area contributed by atoms with Crippen molar-refractivity contribution in [3.63, 3.8) is 0 Å². The summed E-state index contributed by atoms with van der Waals surface area (Å²) in [6.45, 7) is 0.755. The van der Waals surface area contributed by atoms with Crippen molar-refractivity contribution in [1.82, 2.24) is 20.0 Å². The second-order valence-electron chi connectivity index (χ2n) is 9.31. The van der Waals surface area contributed by atoms with Gasteiger partial charge in [-0.1, -0.05) is 0 Å². The largest absolute Gasteiger partial charge is 0.481 e. The summed E-state index contributed by atoms with van der Waals surface area (Å²) in [7, 11) is -4.45. The third-order valence-electron chi connectivity index (χ3n) is 6.43. The Kier molecular flexibility index (Phi) is 9.27. The van der Waals surface area contributed by atoms with Crippen molar-refractivity contribution in [3.05, 3.63) is 77.6 Å². The van der Waals surface area contributed by atoms with Gasteiger partial charge in [0.15, 0.2) is 11.6 Å². The highest BCUT2D eigenvalue weighted by Crippen LogP contribution is 2.27. The Bertz CT molecular complexity index is 1570. The van der Waals surface area contributed by atoms with Gasteiger partial charge in [0, 0.05) is 31.5 Å². The standard InChI is InChI=1S/C26H26F2N6O7S/c27-22-18(6-7-19(23(22)28)34-12-8-16(9-13-34)31-26-29-10-1-11-30-26)24(37)32-20(14-21(35)36)33-42(40,41)17-4-2-15(3-5-17)25(38)39/h1-7,10-11,16,20,33H,8-9,12-14H2,(H,32,37)(H,35,36)(H,38,39)(H,29,30,31). The Hall–Kier alpha value is -4.70. The van der Waals surface area contributed by atoms with E-state index in [2.05, 4.69) is 20.6 Å². The second kappa shape index (κ2) is 12.9. The molecule has 1 atom stereocenters. The number of rotatable bonds is 11. The number of carbonyl (C=O) groups is 3. The molecule has 0 radical (unpaired) electrons. The number of sulfonamides is 1. The highest BCUT2D eigenvalue weighted by atomic mass is 32.2. The molecule has 0 saturated carbocycles. The van der Waals surface area contributed by atoms with Crippen LogP contribution < -0.4 is 20.3 Å². The van der Waals surface area contributed by atoms with E-state index in [0.717, 1.165) is 30.3 Å². The zero-order valence-corrected chi connectivity index (χ0v) is 22.6. The van der Waals surface area contributed by atoms with Gasteiger partial charge in [-0.2, -0.15) is 4.72 Å². The van der Waals surface area contributed by atoms with Gasteiger partial charge in [0.2, 0.25) is 16.0 Å². The van der Waals surface area contributed by atoms with Crippen LogP contribution in [0.4, 0.5) is 20.4 Å². The van der Waals surface area contributed by atoms with Gasteiger partial charge in [0.25, 0.3) is 5.91 Å². The summed E-state index contributed by atoms with van der Waals surface area (Å²) in [5, 5.41) is 23.4. The molecule has 42 heavy (non-hydrogen) atoms. The normalized spacial score (nSPS) is 14.7. The van der Waals surface area contributed by atoms with Gasteiger partial charge in [-0.3, -0.25) is 9.59 Å². The van der Waals surface area contributed by atoms with Gasteiger partial charge in [-0.05, 0) is 55.3 Å². The van der Waals surface area contributed by atoms with Crippen molar-refractivity contribution in [2.45, 2.75) is 36.4 Å². The lowest BCUT2D eigenvalue weighted by Gasteiger charge is -2.34. The minimum atomic E-state index is -4.45. The van der Waals surface area contributed by atoms with Crippen molar-refractivity contribution in [2.24, 2.45) is 0 Å². The lowest BCUT2D eigenvalue weighted by molar-refractivity contribution is -0.137. The number of piperidine rings is 1. The summed E-state index contributed by atoms with van der Waals surface area (Å²) < 4.78 is 57.6. The Morgan fingerprint density at radius 1 is 0.976 bits per heavy atom. The van der Waals surface area contributed by atoms with Crippen LogP contribution in [0.1, 0.15) is 40.0 Å². The third-order valence-corrected chi connectivity index (χ3v) is 7.92. The Labute approximate surface area is 238 Å². The van der Waals surface area contributed by atoms with Crippen LogP contribution in [0.2, 0.25) is 0 Å². The quantitative estimate of drug-likeness (QED) is 0.201. The summed E-state index contributed by atoms with van der Waals surface area (Å²) >= 11 is 0. The fraction of sp³-hybridized carbons (Fsp3) is 0.269. The molecule has 1 aromatic heterocycles. The monoisotopic (exact) mass is 604 g/mol. The van der Waals surface area contributed by atoms with Gasteiger partial charge in [0.05, 0.1) is 28.1 Å². The molecule has 3 aromatic rings. The van der Waals surface area contributed by atoms with Crippen LogP contribution in [0, 0.1) is 11.6 Å². The van der Waals surface area contributed by atoms with Gasteiger partial charge in [0.1, 0.15) is 6.17 Å². The fourth-order valence-corrected chi connectivity index (χ4v) is 5.49. The summed E-state index contributed by atoms with van der Waals surface area (Å²) in [6.07, 6.45) is 1.68. The molecule has 1 amide bonds. The van der Waals surface area contributed by atoms with Crippen molar-refractivity contribution in [2.75, 3.05) is 23.3 Å². The average Bonchev–Trinajstić information content (AvgIpc) is 2.95. The maximum Gasteiger partial charge on any atom is 0.335 e. The molecule has 2 heterocycles. The number of amides is 1. The first-order valence-electron chi connectivity index (χ1n) is 12.6. The molecule has 16 heteroatoms. The zero-order chi connectivity index (χ0) is 30.4. The minimum absolute atomic E-state index is 0.0201. The van der Waals surface area contributed by atoms with Gasteiger partial charge in [-0.25, -0.2) is 32.0 Å². The van der Waals surface area contributed by atoms with Crippen LogP contribution >= 0.6 is 0 Å². The molecule has 1 saturated heterocycles. The number of aliphatic carboxylic acids is 1. The number of carboxylic acid groups (broad SMARTS) is 2. The Morgan fingerprint density at radius 3 is 2.21 bits per heavy atom. The highest BCUT2D eigenvalue weighted by molar-refractivity contribution is 7.89. The van der Waals surface area contributed by atoms with E-state index in [-0.39, 0.29) is 17.3 Å². The molecule has 1 fully saturated rings. The van der Waals surface area contributed by atoms with Gasteiger partial charge >= 0.3 is 11.9 Å². The molecule has 4 rings (SSSR count). The molecule has 1 aliphatic heterocycles. The predicted octanol–water partition coefficient (Wildman–Crippen LogP) is 2.04. The first-order valence-corrected chi connectivity index (χ1v) is 14.1. The molecule has 0 aliphatic carbocycles. The molecule has 1 unspecified atom stereocenters. The van der Waals surface area contributed by atoms with Crippen molar-refractivity contribution >= 4 is 39.5 Å². The van der Waals surface area contributed by atoms with E-state index in [1.54, 1.807) is 23.4 Å². The number of nitrogens with zero attached hydrogens (tertiary/aromatic N) is 3. The number of carbonyl (C=O) groups excluding carboxylic acids is 1. The lowest BCUT2D eigenvalue weighted by atomic mass is 10.0. The number of aromatic nitrogens is 2. The SMILES string of the molecule is O=C(O)CC(NC(=O)c1ccc(N2CCC(Nc3ncccn3)CC2)c(F)c1F)NS(=O)(=O)c1ccc(C(=O)O)cc1. The van der Waals surface area contributed by atoms with Crippen LogP contribution in [0.3, 0.4) is 0 Å². The average molecular weight is 605 g/mol. The maximum absolute atomic E-state index is 15.1. The number of halogens is 2. The van der Waals surface area contributed by atoms with Crippen LogP contribution in [-0.2, 0) is 14.8 Å². The molecular formula is C26H26F2N6O7S. The lowest BCUT2D eigenvalue weighted by Crippen LogP contribution is -2.49. The summed E-state index contributed by atoms with van der Waals surface area (Å²) in [4.78, 5) is 44.6. The number of anilines is 2. The fourth-order valence-electron chi connectivity index (χ4n) is 4.34. The number of hydrogen-bond donors (Lipinski definition) is 5. The first kappa shape index (κ1) is 30.3. The van der Waals surface area contributed by atoms with E-state index in [1.165, 1.54) is 6.07 Å². The van der Waals surface area contributed by atoms with E-state index in [9.17, 15) is 27.9 Å². The smallest absolute Gasteiger partial charge is 0.335 e. The van der Waals surface area contributed by atoms with Crippen molar-refractivity contribution in [3.8, 4) is 0 Å². The van der Waals surface area contributed by atoms with E-state index < -0.39 is 62.5 Å². The Morgan fingerprint density at radius 2 is 1.62 bits per heavy atom. The molecule has 1 aliphatic rings. The number of hydrogen-bond acceptors (Lipinski definition) is 9. The van der Waals surface area contributed by atoms with Crippen LogP contribution in [0.25, 0.3) is 0 Å². The van der Waals surface area contributed by atoms with E-state index in [1.807, 2.05) is 4.72 Å². The van der Waals surface area contributed by atoms with E-state index in [4.69, 9.17) is 5.11 Å². The van der Waals surface area contributed by atoms with Gasteiger partial charge < -0.3 is 25.7 Å². The summed E-state index contributed by atoms with van der Waals surface area (Å²) in [5.74, 6) is -6.34. The molecule has 13 nitrogen and oxygen atoms in total. The first-order chi connectivity index (χ1) is 19.9. The van der Waals surface area contributed by atoms with E-state index in [0.29, 0.717) is 31.9 Å². The Balaban J connectivity index is 1.44. The highest BCUT2D eigenvalue weighted by Gasteiger charge is 2.28. The van der Waals surface area contributed by atoms with Crippen LogP contribution in [0.5, 0.6) is 0 Å². The van der Waals surface area contributed by atoms with Crippen molar-refractivity contribution < 1.29 is 41.8 Å². The molecule has 0 spiro atoms.